The van der Waals surface area contributed by atoms with Crippen molar-refractivity contribution in [2.24, 2.45) is 0 Å². The van der Waals surface area contributed by atoms with Gasteiger partial charge >= 0.3 is 5.97 Å². The maximum atomic E-state index is 12.7. The van der Waals surface area contributed by atoms with Crippen molar-refractivity contribution in [3.8, 4) is 17.4 Å². The van der Waals surface area contributed by atoms with Crippen LogP contribution < -0.4 is 0 Å². The molecule has 2 aromatic rings. The summed E-state index contributed by atoms with van der Waals surface area (Å²) in [6.07, 6.45) is 1.28. The van der Waals surface area contributed by atoms with Crippen LogP contribution in [0.2, 0.25) is 0 Å². The van der Waals surface area contributed by atoms with E-state index in [0.29, 0.717) is 43.4 Å². The van der Waals surface area contributed by atoms with Crippen LogP contribution in [0.25, 0.3) is 17.4 Å². The fourth-order valence-electron chi connectivity index (χ4n) is 2.70. The summed E-state index contributed by atoms with van der Waals surface area (Å²) in [5.74, 6) is 0.0313. The van der Waals surface area contributed by atoms with Crippen LogP contribution in [0, 0.1) is 11.3 Å². The van der Waals surface area contributed by atoms with Crippen molar-refractivity contribution in [2.75, 3.05) is 33.4 Å². The van der Waals surface area contributed by atoms with Gasteiger partial charge in [-0.15, -0.1) is 0 Å². The molecule has 28 heavy (non-hydrogen) atoms. The number of nitriles is 1. The van der Waals surface area contributed by atoms with Gasteiger partial charge in [-0.25, -0.2) is 13.2 Å². The molecule has 0 spiro atoms. The molecular weight excluding hydrogens is 384 g/mol. The lowest BCUT2D eigenvalue weighted by molar-refractivity contribution is -0.135. The van der Waals surface area contributed by atoms with Crippen LogP contribution >= 0.6 is 0 Å². The van der Waals surface area contributed by atoms with Crippen LogP contribution in [0.1, 0.15) is 5.76 Å². The predicted octanol–water partition coefficient (Wildman–Crippen LogP) is 2.05. The van der Waals surface area contributed by atoms with Gasteiger partial charge in [0.25, 0.3) is 0 Å². The number of ether oxygens (including phenoxy) is 2. The first-order chi connectivity index (χ1) is 13.5. The van der Waals surface area contributed by atoms with E-state index in [9.17, 15) is 13.2 Å². The zero-order chi connectivity index (χ0) is 20.1. The van der Waals surface area contributed by atoms with E-state index in [1.165, 1.54) is 29.6 Å². The molecule has 3 rings (SSSR count). The first-order valence-corrected chi connectivity index (χ1v) is 9.88. The molecule has 8 nitrogen and oxygen atoms in total. The molecule has 0 saturated carbocycles. The first kappa shape index (κ1) is 19.8. The summed E-state index contributed by atoms with van der Waals surface area (Å²) in [7, 11) is -2.37. The molecule has 0 atom stereocenters. The SMILES string of the molecule is COC(=O)C(C#N)=Cc1ccc(-c2ccc(S(=O)(=O)N3CCOCC3)cc2)o1. The maximum Gasteiger partial charge on any atom is 0.348 e. The molecule has 0 amide bonds. The zero-order valence-corrected chi connectivity index (χ0v) is 15.9. The number of hydrogen-bond acceptors (Lipinski definition) is 7. The van der Waals surface area contributed by atoms with Gasteiger partial charge < -0.3 is 13.9 Å². The second-order valence-corrected chi connectivity index (χ2v) is 7.84. The van der Waals surface area contributed by atoms with Crippen molar-refractivity contribution in [2.45, 2.75) is 4.90 Å². The number of hydrogen-bond donors (Lipinski definition) is 0. The van der Waals surface area contributed by atoms with Crippen molar-refractivity contribution in [3.05, 3.63) is 47.7 Å². The Kier molecular flexibility index (Phi) is 5.94. The molecule has 0 unspecified atom stereocenters. The third-order valence-corrected chi connectivity index (χ3v) is 6.10. The van der Waals surface area contributed by atoms with Crippen LogP contribution in [0.4, 0.5) is 0 Å². The predicted molar refractivity (Wildman–Crippen MR) is 99.3 cm³/mol. The molecule has 1 aromatic heterocycles. The molecule has 1 aromatic carbocycles. The van der Waals surface area contributed by atoms with Gasteiger partial charge in [-0.1, -0.05) is 0 Å². The first-order valence-electron chi connectivity index (χ1n) is 8.44. The summed E-state index contributed by atoms with van der Waals surface area (Å²) < 4.78 is 42.0. The number of nitrogens with zero attached hydrogens (tertiary/aromatic N) is 2. The van der Waals surface area contributed by atoms with E-state index < -0.39 is 16.0 Å². The minimum Gasteiger partial charge on any atom is -0.465 e. The van der Waals surface area contributed by atoms with Gasteiger partial charge in [0.2, 0.25) is 10.0 Å². The van der Waals surface area contributed by atoms with Gasteiger partial charge in [0, 0.05) is 24.7 Å². The Hall–Kier alpha value is -2.93. The van der Waals surface area contributed by atoms with Gasteiger partial charge in [-0.2, -0.15) is 9.57 Å². The summed E-state index contributed by atoms with van der Waals surface area (Å²) in [4.78, 5) is 11.7. The number of carbonyl (C=O) groups excluding carboxylic acids is 1. The largest absolute Gasteiger partial charge is 0.465 e. The highest BCUT2D eigenvalue weighted by atomic mass is 32.2. The van der Waals surface area contributed by atoms with Crippen molar-refractivity contribution < 1.29 is 27.1 Å². The van der Waals surface area contributed by atoms with Crippen LogP contribution in [0.5, 0.6) is 0 Å². The maximum absolute atomic E-state index is 12.7. The van der Waals surface area contributed by atoms with E-state index in [1.807, 2.05) is 0 Å². The number of benzene rings is 1. The van der Waals surface area contributed by atoms with Crippen LogP contribution in [0.15, 0.2) is 51.3 Å². The summed E-state index contributed by atoms with van der Waals surface area (Å²) in [6, 6.07) is 11.4. The highest BCUT2D eigenvalue weighted by molar-refractivity contribution is 7.89. The van der Waals surface area contributed by atoms with Crippen molar-refractivity contribution in [1.82, 2.24) is 4.31 Å². The van der Waals surface area contributed by atoms with E-state index in [-0.39, 0.29) is 10.5 Å². The Morgan fingerprint density at radius 1 is 1.18 bits per heavy atom. The molecule has 1 saturated heterocycles. The highest BCUT2D eigenvalue weighted by Gasteiger charge is 2.26. The Morgan fingerprint density at radius 2 is 1.86 bits per heavy atom. The summed E-state index contributed by atoms with van der Waals surface area (Å²) >= 11 is 0. The van der Waals surface area contributed by atoms with Gasteiger partial charge in [0.05, 0.1) is 25.2 Å². The fourth-order valence-corrected chi connectivity index (χ4v) is 4.11. The average Bonchev–Trinajstić information content (AvgIpc) is 3.21. The molecular formula is C19H18N2O6S. The lowest BCUT2D eigenvalue weighted by atomic mass is 10.2. The van der Waals surface area contributed by atoms with Crippen molar-refractivity contribution in [1.29, 1.82) is 5.26 Å². The number of furan rings is 1. The molecule has 1 aliphatic rings. The number of morpholine rings is 1. The molecule has 1 aliphatic heterocycles. The molecule has 0 radical (unpaired) electrons. The van der Waals surface area contributed by atoms with E-state index in [1.54, 1.807) is 30.3 Å². The standard InChI is InChI=1S/C19H18N2O6S/c1-25-19(22)15(13-20)12-16-4-7-18(27-16)14-2-5-17(6-3-14)28(23,24)21-8-10-26-11-9-21/h2-7,12H,8-11H2,1H3. The molecule has 146 valence electrons. The van der Waals surface area contributed by atoms with E-state index in [0.717, 1.165) is 0 Å². The lowest BCUT2D eigenvalue weighted by Gasteiger charge is -2.26. The van der Waals surface area contributed by atoms with Crippen molar-refractivity contribution in [3.63, 3.8) is 0 Å². The molecule has 0 bridgehead atoms. The van der Waals surface area contributed by atoms with Gasteiger partial charge in [-0.3, -0.25) is 0 Å². The Labute approximate surface area is 162 Å². The van der Waals surface area contributed by atoms with Crippen LogP contribution in [0.3, 0.4) is 0 Å². The normalized spacial score (nSPS) is 15.8. The summed E-state index contributed by atoms with van der Waals surface area (Å²) in [5.41, 5.74) is 0.479. The topological polar surface area (TPSA) is 110 Å². The molecule has 9 heteroatoms. The third kappa shape index (κ3) is 4.14. The van der Waals surface area contributed by atoms with Gasteiger partial charge in [0.15, 0.2) is 0 Å². The fraction of sp³-hybridized carbons (Fsp3) is 0.263. The second-order valence-electron chi connectivity index (χ2n) is 5.90. The number of rotatable bonds is 5. The number of sulfonamides is 1. The Morgan fingerprint density at radius 3 is 2.46 bits per heavy atom. The highest BCUT2D eigenvalue weighted by Crippen LogP contribution is 2.26. The monoisotopic (exact) mass is 402 g/mol. The van der Waals surface area contributed by atoms with E-state index in [2.05, 4.69) is 4.74 Å². The summed E-state index contributed by atoms with van der Waals surface area (Å²) in [6.45, 7) is 1.44. The molecule has 0 aliphatic carbocycles. The molecule has 1 fully saturated rings. The minimum absolute atomic E-state index is 0.185. The number of carbonyl (C=O) groups is 1. The Balaban J connectivity index is 1.81. The lowest BCUT2D eigenvalue weighted by Crippen LogP contribution is -2.40. The van der Waals surface area contributed by atoms with Crippen LogP contribution in [-0.4, -0.2) is 52.1 Å². The van der Waals surface area contributed by atoms with Gasteiger partial charge in [-0.05, 0) is 36.4 Å². The number of esters is 1. The Bertz CT molecular complexity index is 1030. The number of methoxy groups -OCH3 is 1. The summed E-state index contributed by atoms with van der Waals surface area (Å²) in [5, 5.41) is 9.00. The molecule has 2 heterocycles. The second kappa shape index (κ2) is 8.39. The average molecular weight is 402 g/mol. The molecule has 0 N–H and O–H groups in total. The smallest absolute Gasteiger partial charge is 0.348 e. The van der Waals surface area contributed by atoms with E-state index in [4.69, 9.17) is 14.4 Å². The van der Waals surface area contributed by atoms with Crippen LogP contribution in [-0.2, 0) is 24.3 Å². The third-order valence-electron chi connectivity index (χ3n) is 4.19. The zero-order valence-electron chi connectivity index (χ0n) is 15.1. The quantitative estimate of drug-likeness (QED) is 0.428. The van der Waals surface area contributed by atoms with E-state index >= 15 is 0 Å². The van der Waals surface area contributed by atoms with Gasteiger partial charge in [0.1, 0.15) is 23.2 Å². The minimum atomic E-state index is -3.56. The van der Waals surface area contributed by atoms with Crippen molar-refractivity contribution >= 4 is 22.1 Å².